The fourth-order valence-corrected chi connectivity index (χ4v) is 3.76. The highest BCUT2D eigenvalue weighted by Gasteiger charge is 2.31. The lowest BCUT2D eigenvalue weighted by Crippen LogP contribution is -2.52. The van der Waals surface area contributed by atoms with Crippen LogP contribution in [0.3, 0.4) is 0 Å². The first-order valence-electron chi connectivity index (χ1n) is 11.7. The average molecular weight is 459 g/mol. The number of nitrogens with zero attached hydrogens (tertiary/aromatic N) is 1. The first-order chi connectivity index (χ1) is 16.3. The van der Waals surface area contributed by atoms with Gasteiger partial charge in [-0.25, -0.2) is 0 Å². The molecule has 2 amide bonds. The molecular weight excluding hydrogens is 424 g/mol. The number of ether oxygens (including phenoxy) is 1. The van der Waals surface area contributed by atoms with E-state index in [9.17, 15) is 9.59 Å². The van der Waals surface area contributed by atoms with Crippen LogP contribution in [0.4, 0.5) is 0 Å². The van der Waals surface area contributed by atoms with Crippen LogP contribution in [0.15, 0.2) is 78.9 Å². The monoisotopic (exact) mass is 458 g/mol. The number of rotatable bonds is 10. The Bertz CT molecular complexity index is 1080. The number of hydrogen-bond acceptors (Lipinski definition) is 3. The maximum Gasteiger partial charge on any atom is 0.261 e. The standard InChI is InChI=1S/C29H34N2O3/c1-21(2)30-29(33)27(18-24-10-6-5-7-11-24)31(19-25-15-13-22(3)14-16-25)28(32)20-34-26-12-8-9-23(4)17-26/h5-17,21,27H,18-20H2,1-4H3,(H,30,33). The largest absolute Gasteiger partial charge is 0.484 e. The van der Waals surface area contributed by atoms with Crippen LogP contribution in [0.1, 0.15) is 36.1 Å². The molecule has 1 unspecified atom stereocenters. The Balaban J connectivity index is 1.90. The second-order valence-corrected chi connectivity index (χ2v) is 8.98. The fraction of sp³-hybridized carbons (Fsp3) is 0.310. The van der Waals surface area contributed by atoms with Crippen molar-refractivity contribution in [1.82, 2.24) is 10.2 Å². The maximum atomic E-state index is 13.5. The molecule has 0 radical (unpaired) electrons. The molecule has 0 spiro atoms. The lowest BCUT2D eigenvalue weighted by atomic mass is 10.0. The summed E-state index contributed by atoms with van der Waals surface area (Å²) in [6.07, 6.45) is 0.418. The van der Waals surface area contributed by atoms with Gasteiger partial charge in [0.1, 0.15) is 11.8 Å². The summed E-state index contributed by atoms with van der Waals surface area (Å²) in [7, 11) is 0. The van der Waals surface area contributed by atoms with E-state index in [1.54, 1.807) is 4.90 Å². The van der Waals surface area contributed by atoms with Crippen molar-refractivity contribution in [1.29, 1.82) is 0 Å². The summed E-state index contributed by atoms with van der Waals surface area (Å²) in [4.78, 5) is 28.5. The van der Waals surface area contributed by atoms with Crippen LogP contribution in [0.25, 0.3) is 0 Å². The van der Waals surface area contributed by atoms with E-state index < -0.39 is 6.04 Å². The molecule has 0 fully saturated rings. The number of carbonyl (C=O) groups excluding carboxylic acids is 2. The van der Waals surface area contributed by atoms with E-state index in [-0.39, 0.29) is 24.5 Å². The minimum atomic E-state index is -0.667. The predicted octanol–water partition coefficient (Wildman–Crippen LogP) is 4.85. The van der Waals surface area contributed by atoms with E-state index in [2.05, 4.69) is 5.32 Å². The number of benzene rings is 3. The van der Waals surface area contributed by atoms with Crippen molar-refractivity contribution >= 4 is 11.8 Å². The third kappa shape index (κ3) is 7.48. The van der Waals surface area contributed by atoms with Crippen LogP contribution in [0, 0.1) is 13.8 Å². The van der Waals surface area contributed by atoms with Crippen molar-refractivity contribution in [2.24, 2.45) is 0 Å². The van der Waals surface area contributed by atoms with Crippen LogP contribution >= 0.6 is 0 Å². The zero-order valence-corrected chi connectivity index (χ0v) is 20.5. The van der Waals surface area contributed by atoms with E-state index in [1.165, 1.54) is 0 Å². The van der Waals surface area contributed by atoms with Crippen LogP contribution < -0.4 is 10.1 Å². The average Bonchev–Trinajstić information content (AvgIpc) is 2.81. The van der Waals surface area contributed by atoms with Gasteiger partial charge in [-0.05, 0) is 56.5 Å². The maximum absolute atomic E-state index is 13.5. The molecule has 3 rings (SSSR count). The van der Waals surface area contributed by atoms with Crippen LogP contribution in [0.2, 0.25) is 0 Å². The second kappa shape index (κ2) is 12.0. The Morgan fingerprint density at radius 2 is 1.56 bits per heavy atom. The molecule has 0 saturated carbocycles. The quantitative estimate of drug-likeness (QED) is 0.473. The van der Waals surface area contributed by atoms with Crippen molar-refractivity contribution in [2.45, 2.75) is 52.7 Å². The fourth-order valence-electron chi connectivity index (χ4n) is 3.76. The molecule has 0 aromatic heterocycles. The van der Waals surface area contributed by atoms with Crippen LogP contribution in [0.5, 0.6) is 5.75 Å². The van der Waals surface area contributed by atoms with Gasteiger partial charge >= 0.3 is 0 Å². The van der Waals surface area contributed by atoms with E-state index in [1.807, 2.05) is 107 Å². The molecule has 0 aliphatic heterocycles. The normalized spacial score (nSPS) is 11.7. The molecule has 5 heteroatoms. The summed E-state index contributed by atoms with van der Waals surface area (Å²) in [5, 5.41) is 3.00. The van der Waals surface area contributed by atoms with Crippen molar-refractivity contribution in [3.05, 3.63) is 101 Å². The van der Waals surface area contributed by atoms with Gasteiger partial charge in [0.15, 0.2) is 6.61 Å². The Hall–Kier alpha value is -3.60. The zero-order chi connectivity index (χ0) is 24.5. The molecule has 0 saturated heterocycles. The van der Waals surface area contributed by atoms with Crippen molar-refractivity contribution in [3.8, 4) is 5.75 Å². The van der Waals surface area contributed by atoms with Gasteiger partial charge < -0.3 is 15.0 Å². The van der Waals surface area contributed by atoms with Gasteiger partial charge in [0.2, 0.25) is 5.91 Å². The number of nitrogens with one attached hydrogen (secondary N) is 1. The number of hydrogen-bond donors (Lipinski definition) is 1. The van der Waals surface area contributed by atoms with Gasteiger partial charge in [0, 0.05) is 19.0 Å². The molecule has 0 aliphatic rings. The first kappa shape index (κ1) is 25.0. The van der Waals surface area contributed by atoms with E-state index >= 15 is 0 Å². The summed E-state index contributed by atoms with van der Waals surface area (Å²) < 4.78 is 5.82. The molecule has 1 atom stereocenters. The molecule has 34 heavy (non-hydrogen) atoms. The number of amides is 2. The van der Waals surface area contributed by atoms with Gasteiger partial charge in [0.25, 0.3) is 5.91 Å². The van der Waals surface area contributed by atoms with Crippen molar-refractivity contribution in [3.63, 3.8) is 0 Å². The Morgan fingerprint density at radius 1 is 0.853 bits per heavy atom. The Kier molecular flexibility index (Phi) is 8.86. The van der Waals surface area contributed by atoms with Gasteiger partial charge in [-0.2, -0.15) is 0 Å². The lowest BCUT2D eigenvalue weighted by molar-refractivity contribution is -0.143. The molecule has 1 N–H and O–H groups in total. The first-order valence-corrected chi connectivity index (χ1v) is 11.7. The molecule has 0 aliphatic carbocycles. The molecule has 3 aromatic rings. The summed E-state index contributed by atoms with van der Waals surface area (Å²) >= 11 is 0. The van der Waals surface area contributed by atoms with Crippen molar-refractivity contribution < 1.29 is 14.3 Å². The molecular formula is C29H34N2O3. The van der Waals surface area contributed by atoms with Gasteiger partial charge in [-0.15, -0.1) is 0 Å². The minimum absolute atomic E-state index is 0.0364. The topological polar surface area (TPSA) is 58.6 Å². The summed E-state index contributed by atoms with van der Waals surface area (Å²) in [6.45, 7) is 8.02. The summed E-state index contributed by atoms with van der Waals surface area (Å²) in [5.41, 5.74) is 4.15. The van der Waals surface area contributed by atoms with Gasteiger partial charge in [-0.1, -0.05) is 72.3 Å². The van der Waals surface area contributed by atoms with Gasteiger partial charge in [-0.3, -0.25) is 9.59 Å². The SMILES string of the molecule is Cc1ccc(CN(C(=O)COc2cccc(C)c2)C(Cc2ccccc2)C(=O)NC(C)C)cc1. The minimum Gasteiger partial charge on any atom is -0.484 e. The number of carbonyl (C=O) groups is 2. The molecule has 5 nitrogen and oxygen atoms in total. The lowest BCUT2D eigenvalue weighted by Gasteiger charge is -2.32. The summed E-state index contributed by atoms with van der Waals surface area (Å²) in [5.74, 6) is 0.228. The third-order valence-corrected chi connectivity index (χ3v) is 5.53. The van der Waals surface area contributed by atoms with E-state index in [0.717, 1.165) is 22.3 Å². The zero-order valence-electron chi connectivity index (χ0n) is 20.5. The highest BCUT2D eigenvalue weighted by molar-refractivity contribution is 5.88. The Morgan fingerprint density at radius 3 is 2.21 bits per heavy atom. The second-order valence-electron chi connectivity index (χ2n) is 8.98. The molecule has 178 valence electrons. The van der Waals surface area contributed by atoms with E-state index in [4.69, 9.17) is 4.74 Å². The molecule has 0 bridgehead atoms. The van der Waals surface area contributed by atoms with Crippen molar-refractivity contribution in [2.75, 3.05) is 6.61 Å². The van der Waals surface area contributed by atoms with Crippen LogP contribution in [-0.2, 0) is 22.6 Å². The summed E-state index contributed by atoms with van der Waals surface area (Å²) in [6, 6.07) is 24.7. The highest BCUT2D eigenvalue weighted by atomic mass is 16.5. The highest BCUT2D eigenvalue weighted by Crippen LogP contribution is 2.17. The molecule has 3 aromatic carbocycles. The van der Waals surface area contributed by atoms with Crippen LogP contribution in [-0.4, -0.2) is 35.4 Å². The predicted molar refractivity (Wildman–Crippen MR) is 136 cm³/mol. The number of aryl methyl sites for hydroxylation is 2. The Labute approximate surface area is 202 Å². The van der Waals surface area contributed by atoms with Gasteiger partial charge in [0.05, 0.1) is 0 Å². The third-order valence-electron chi connectivity index (χ3n) is 5.53. The molecule has 0 heterocycles. The smallest absolute Gasteiger partial charge is 0.261 e. The van der Waals surface area contributed by atoms with E-state index in [0.29, 0.717) is 18.7 Å².